The first-order chi connectivity index (χ1) is 10.3. The number of amides is 1. The van der Waals surface area contributed by atoms with Crippen LogP contribution in [0.4, 0.5) is 0 Å². The number of hydrogen-bond acceptors (Lipinski definition) is 2. The number of hydrogen-bond donors (Lipinski definition) is 1. The van der Waals surface area contributed by atoms with Crippen LogP contribution in [0, 0.1) is 0 Å². The maximum absolute atomic E-state index is 12.1. The number of carbonyl (C=O) groups excluding carboxylic acids is 1. The Hall–Kier alpha value is -1.35. The molecule has 1 saturated heterocycles. The Balaban J connectivity index is 1.54. The van der Waals surface area contributed by atoms with E-state index in [0.29, 0.717) is 12.5 Å². The Morgan fingerprint density at radius 3 is 2.48 bits per heavy atom. The molecule has 3 rings (SSSR count). The van der Waals surface area contributed by atoms with Crippen molar-refractivity contribution >= 4 is 5.91 Å². The molecule has 21 heavy (non-hydrogen) atoms. The molecule has 1 aliphatic heterocycles. The Morgan fingerprint density at radius 2 is 1.81 bits per heavy atom. The first-order valence-corrected chi connectivity index (χ1v) is 8.33. The molecule has 1 amide bonds. The van der Waals surface area contributed by atoms with Gasteiger partial charge in [0.2, 0.25) is 0 Å². The van der Waals surface area contributed by atoms with Crippen LogP contribution in [-0.4, -0.2) is 25.2 Å². The molecule has 0 unspecified atom stereocenters. The highest BCUT2D eigenvalue weighted by atomic mass is 16.5. The maximum Gasteiger partial charge on any atom is 0.251 e. The zero-order valence-corrected chi connectivity index (χ0v) is 12.6. The number of nitrogens with one attached hydrogen (secondary N) is 1. The van der Waals surface area contributed by atoms with Gasteiger partial charge < -0.3 is 10.1 Å². The van der Waals surface area contributed by atoms with E-state index in [0.717, 1.165) is 25.0 Å². The first kappa shape index (κ1) is 14.6. The van der Waals surface area contributed by atoms with Crippen molar-refractivity contribution in [3.8, 4) is 0 Å². The van der Waals surface area contributed by atoms with Crippen LogP contribution < -0.4 is 5.32 Å². The van der Waals surface area contributed by atoms with Gasteiger partial charge in [-0.25, -0.2) is 0 Å². The Kier molecular flexibility index (Phi) is 4.91. The van der Waals surface area contributed by atoms with Crippen LogP contribution in [0.25, 0.3) is 0 Å². The topological polar surface area (TPSA) is 38.3 Å². The summed E-state index contributed by atoms with van der Waals surface area (Å²) in [6.45, 7) is 1.46. The summed E-state index contributed by atoms with van der Waals surface area (Å²) in [5, 5.41) is 2.98. The Bertz CT molecular complexity index is 457. The summed E-state index contributed by atoms with van der Waals surface area (Å²) in [7, 11) is 0. The average molecular weight is 287 g/mol. The van der Waals surface area contributed by atoms with Crippen LogP contribution in [-0.2, 0) is 4.74 Å². The van der Waals surface area contributed by atoms with Gasteiger partial charge in [-0.2, -0.15) is 0 Å². The molecule has 1 aromatic carbocycles. The van der Waals surface area contributed by atoms with Crippen LogP contribution >= 0.6 is 0 Å². The molecule has 0 radical (unpaired) electrons. The summed E-state index contributed by atoms with van der Waals surface area (Å²) in [6.07, 6.45) is 9.02. The lowest BCUT2D eigenvalue weighted by atomic mass is 9.84. The zero-order chi connectivity index (χ0) is 14.5. The lowest BCUT2D eigenvalue weighted by molar-refractivity contribution is 0.0858. The van der Waals surface area contributed by atoms with Gasteiger partial charge in [0.05, 0.1) is 6.10 Å². The summed E-state index contributed by atoms with van der Waals surface area (Å²) < 4.78 is 5.52. The third kappa shape index (κ3) is 3.85. The van der Waals surface area contributed by atoms with Crippen molar-refractivity contribution in [2.24, 2.45) is 0 Å². The molecular formula is C18H25NO2. The summed E-state index contributed by atoms with van der Waals surface area (Å²) in [5.41, 5.74) is 2.15. The molecule has 1 N–H and O–H groups in total. The van der Waals surface area contributed by atoms with Crippen molar-refractivity contribution in [2.75, 3.05) is 13.2 Å². The molecule has 1 heterocycles. The Morgan fingerprint density at radius 1 is 1.05 bits per heavy atom. The monoisotopic (exact) mass is 287 g/mol. The fraction of sp³-hybridized carbons (Fsp3) is 0.611. The number of ether oxygens (including phenoxy) is 1. The van der Waals surface area contributed by atoms with E-state index in [2.05, 4.69) is 17.4 Å². The predicted octanol–water partition coefficient (Wildman–Crippen LogP) is 3.64. The minimum atomic E-state index is 0.0145. The fourth-order valence-corrected chi connectivity index (χ4v) is 3.46. The van der Waals surface area contributed by atoms with Gasteiger partial charge >= 0.3 is 0 Å². The maximum atomic E-state index is 12.1. The first-order valence-electron chi connectivity index (χ1n) is 8.33. The van der Waals surface area contributed by atoms with Crippen molar-refractivity contribution in [1.29, 1.82) is 0 Å². The number of carbonyl (C=O) groups is 1. The molecule has 1 aliphatic carbocycles. The molecule has 0 aromatic heterocycles. The van der Waals surface area contributed by atoms with Gasteiger partial charge in [-0.3, -0.25) is 4.79 Å². The molecule has 1 saturated carbocycles. The van der Waals surface area contributed by atoms with Crippen molar-refractivity contribution in [3.63, 3.8) is 0 Å². The fourth-order valence-electron chi connectivity index (χ4n) is 3.46. The van der Waals surface area contributed by atoms with Crippen LogP contribution in [0.3, 0.4) is 0 Å². The second-order valence-electron chi connectivity index (χ2n) is 6.30. The third-order valence-corrected chi connectivity index (χ3v) is 4.76. The molecule has 3 heteroatoms. The number of rotatable bonds is 4. The van der Waals surface area contributed by atoms with Crippen LogP contribution in [0.5, 0.6) is 0 Å². The number of benzene rings is 1. The second-order valence-corrected chi connectivity index (χ2v) is 6.30. The third-order valence-electron chi connectivity index (χ3n) is 4.76. The highest BCUT2D eigenvalue weighted by Crippen LogP contribution is 2.32. The zero-order valence-electron chi connectivity index (χ0n) is 12.6. The van der Waals surface area contributed by atoms with Gasteiger partial charge in [0.15, 0.2) is 0 Å². The molecule has 2 fully saturated rings. The van der Waals surface area contributed by atoms with Crippen molar-refractivity contribution in [2.45, 2.75) is 57.0 Å². The highest BCUT2D eigenvalue weighted by Gasteiger charge is 2.18. The van der Waals surface area contributed by atoms with Gasteiger partial charge in [-0.1, -0.05) is 31.4 Å². The van der Waals surface area contributed by atoms with Gasteiger partial charge in [0.25, 0.3) is 5.91 Å². The highest BCUT2D eigenvalue weighted by molar-refractivity contribution is 5.94. The Labute approximate surface area is 127 Å². The standard InChI is InChI=1S/C18H25NO2/c20-18(19-13-17-7-4-12-21-17)16-10-8-15(9-11-16)14-5-2-1-3-6-14/h8-11,14,17H,1-7,12-13H2,(H,19,20)/t17-/m1/s1. The van der Waals surface area contributed by atoms with Gasteiger partial charge in [-0.15, -0.1) is 0 Å². The minimum absolute atomic E-state index is 0.0145. The summed E-state index contributed by atoms with van der Waals surface area (Å²) in [5.74, 6) is 0.712. The predicted molar refractivity (Wildman–Crippen MR) is 83.6 cm³/mol. The van der Waals surface area contributed by atoms with Gasteiger partial charge in [-0.05, 0) is 49.3 Å². The van der Waals surface area contributed by atoms with Crippen molar-refractivity contribution < 1.29 is 9.53 Å². The van der Waals surface area contributed by atoms with Crippen molar-refractivity contribution in [1.82, 2.24) is 5.32 Å². The largest absolute Gasteiger partial charge is 0.376 e. The smallest absolute Gasteiger partial charge is 0.251 e. The quantitative estimate of drug-likeness (QED) is 0.918. The van der Waals surface area contributed by atoms with Crippen LogP contribution in [0.2, 0.25) is 0 Å². The average Bonchev–Trinajstić information content (AvgIpc) is 3.07. The van der Waals surface area contributed by atoms with E-state index in [4.69, 9.17) is 4.74 Å². The molecule has 114 valence electrons. The second kappa shape index (κ2) is 7.08. The van der Waals surface area contributed by atoms with E-state index >= 15 is 0 Å². The van der Waals surface area contributed by atoms with E-state index in [1.807, 2.05) is 12.1 Å². The lowest BCUT2D eigenvalue weighted by Crippen LogP contribution is -2.31. The molecule has 0 bridgehead atoms. The molecule has 0 spiro atoms. The van der Waals surface area contributed by atoms with Crippen LogP contribution in [0.1, 0.15) is 66.8 Å². The van der Waals surface area contributed by atoms with E-state index in [9.17, 15) is 4.79 Å². The van der Waals surface area contributed by atoms with E-state index in [1.54, 1.807) is 0 Å². The van der Waals surface area contributed by atoms with E-state index in [-0.39, 0.29) is 12.0 Å². The minimum Gasteiger partial charge on any atom is -0.376 e. The van der Waals surface area contributed by atoms with Crippen molar-refractivity contribution in [3.05, 3.63) is 35.4 Å². The van der Waals surface area contributed by atoms with E-state index < -0.39 is 0 Å². The normalized spacial score (nSPS) is 23.1. The molecule has 1 aromatic rings. The lowest BCUT2D eigenvalue weighted by Gasteiger charge is -2.22. The SMILES string of the molecule is O=C(NC[C@H]1CCCO1)c1ccc(C2CCCCC2)cc1. The van der Waals surface area contributed by atoms with Gasteiger partial charge in [0, 0.05) is 18.7 Å². The molecule has 3 nitrogen and oxygen atoms in total. The summed E-state index contributed by atoms with van der Waals surface area (Å²) in [4.78, 5) is 12.1. The summed E-state index contributed by atoms with van der Waals surface area (Å²) in [6, 6.07) is 8.21. The summed E-state index contributed by atoms with van der Waals surface area (Å²) >= 11 is 0. The molecule has 2 aliphatic rings. The van der Waals surface area contributed by atoms with Gasteiger partial charge in [0.1, 0.15) is 0 Å². The van der Waals surface area contributed by atoms with Crippen LogP contribution in [0.15, 0.2) is 24.3 Å². The molecular weight excluding hydrogens is 262 g/mol. The van der Waals surface area contributed by atoms with E-state index in [1.165, 1.54) is 37.7 Å². The molecule has 1 atom stereocenters.